The van der Waals surface area contributed by atoms with Gasteiger partial charge in [-0.1, -0.05) is 53.8 Å². The highest BCUT2D eigenvalue weighted by molar-refractivity contribution is 7.17. The second-order valence-electron chi connectivity index (χ2n) is 8.16. The normalized spacial score (nSPS) is 11.1. The van der Waals surface area contributed by atoms with Crippen LogP contribution in [0.5, 0.6) is 0 Å². The molecule has 39 heavy (non-hydrogen) atoms. The summed E-state index contributed by atoms with van der Waals surface area (Å²) >= 11 is 1.18. The van der Waals surface area contributed by atoms with E-state index in [0.717, 1.165) is 11.1 Å². The molecule has 192 valence electrons. The Morgan fingerprint density at radius 2 is 1.82 bits per heavy atom. The van der Waals surface area contributed by atoms with E-state index in [4.69, 9.17) is 13.6 Å². The Labute approximate surface area is 227 Å². The molecule has 0 fully saturated rings. The third kappa shape index (κ3) is 5.71. The summed E-state index contributed by atoms with van der Waals surface area (Å²) in [7, 11) is 0. The number of carbonyl (C=O) groups excluding carboxylic acids is 2. The monoisotopic (exact) mass is 535 g/mol. The highest BCUT2D eigenvalue weighted by Gasteiger charge is 2.20. The minimum absolute atomic E-state index is 0.165. The molecule has 2 aromatic carbocycles. The van der Waals surface area contributed by atoms with Crippen molar-refractivity contribution in [2.24, 2.45) is 0 Å². The molecule has 0 saturated heterocycles. The Balaban J connectivity index is 1.44. The van der Waals surface area contributed by atoms with Gasteiger partial charge in [0.2, 0.25) is 0 Å². The van der Waals surface area contributed by atoms with Gasteiger partial charge in [-0.2, -0.15) is 5.26 Å². The number of rotatable bonds is 8. The van der Waals surface area contributed by atoms with Crippen molar-refractivity contribution < 1.29 is 23.2 Å². The molecule has 1 amide bonds. The van der Waals surface area contributed by atoms with Crippen molar-refractivity contribution >= 4 is 39.9 Å². The van der Waals surface area contributed by atoms with E-state index in [0.29, 0.717) is 39.4 Å². The number of furan rings is 2. The van der Waals surface area contributed by atoms with Gasteiger partial charge in [0.1, 0.15) is 33.3 Å². The van der Waals surface area contributed by atoms with Gasteiger partial charge in [0.05, 0.1) is 24.0 Å². The topological polar surface area (TPSA) is 118 Å². The van der Waals surface area contributed by atoms with Crippen molar-refractivity contribution in [2.75, 3.05) is 11.9 Å². The predicted molar refractivity (Wildman–Crippen MR) is 148 cm³/mol. The van der Waals surface area contributed by atoms with E-state index in [9.17, 15) is 14.9 Å². The van der Waals surface area contributed by atoms with Gasteiger partial charge in [0.15, 0.2) is 5.76 Å². The summed E-state index contributed by atoms with van der Waals surface area (Å²) in [5.74, 6) is 0.389. The lowest BCUT2D eigenvalue weighted by Crippen LogP contribution is -2.10. The van der Waals surface area contributed by atoms with Gasteiger partial charge < -0.3 is 18.9 Å². The summed E-state index contributed by atoms with van der Waals surface area (Å²) in [5, 5.41) is 13.7. The molecule has 0 radical (unpaired) electrons. The highest BCUT2D eigenvalue weighted by Crippen LogP contribution is 2.37. The van der Waals surface area contributed by atoms with E-state index in [1.165, 1.54) is 17.6 Å². The molecule has 8 nitrogen and oxygen atoms in total. The van der Waals surface area contributed by atoms with Crippen molar-refractivity contribution in [1.29, 1.82) is 5.26 Å². The first-order valence-corrected chi connectivity index (χ1v) is 12.8. The molecular formula is C30H21N3O5S. The molecule has 0 bridgehead atoms. The zero-order valence-corrected chi connectivity index (χ0v) is 21.5. The number of esters is 1. The van der Waals surface area contributed by atoms with Crippen LogP contribution in [0.2, 0.25) is 0 Å². The average Bonchev–Trinajstić information content (AvgIpc) is 3.74. The first-order valence-electron chi connectivity index (χ1n) is 12.0. The number of nitrogens with one attached hydrogen (secondary N) is 1. The summed E-state index contributed by atoms with van der Waals surface area (Å²) in [6, 6.07) is 25.2. The molecule has 5 rings (SSSR count). The number of amides is 1. The van der Waals surface area contributed by atoms with Gasteiger partial charge in [0, 0.05) is 17.2 Å². The Hall–Kier alpha value is -5.20. The molecule has 0 aliphatic carbocycles. The van der Waals surface area contributed by atoms with Crippen LogP contribution < -0.4 is 5.32 Å². The maximum absolute atomic E-state index is 12.7. The molecule has 9 heteroatoms. The summed E-state index contributed by atoms with van der Waals surface area (Å²) in [6.45, 7) is 2.06. The molecular weight excluding hydrogens is 514 g/mol. The highest BCUT2D eigenvalue weighted by atomic mass is 32.1. The Bertz CT molecular complexity index is 1670. The Morgan fingerprint density at radius 1 is 1.03 bits per heavy atom. The van der Waals surface area contributed by atoms with Crippen LogP contribution in [0.1, 0.15) is 38.6 Å². The van der Waals surface area contributed by atoms with Gasteiger partial charge in [-0.15, -0.1) is 0 Å². The molecule has 3 heterocycles. The summed E-state index contributed by atoms with van der Waals surface area (Å²) in [5.41, 5.74) is 2.82. The zero-order valence-electron chi connectivity index (χ0n) is 20.7. The number of anilines is 1. The Morgan fingerprint density at radius 3 is 2.51 bits per heavy atom. The lowest BCUT2D eigenvalue weighted by Gasteiger charge is -2.03. The fourth-order valence-electron chi connectivity index (χ4n) is 3.74. The lowest BCUT2D eigenvalue weighted by atomic mass is 10.1. The third-order valence-corrected chi connectivity index (χ3v) is 6.60. The molecule has 0 saturated carbocycles. The van der Waals surface area contributed by atoms with Crippen LogP contribution >= 0.6 is 11.3 Å². The number of allylic oxidation sites excluding steroid dienone is 1. The van der Waals surface area contributed by atoms with Crippen LogP contribution in [-0.2, 0) is 4.74 Å². The van der Waals surface area contributed by atoms with E-state index in [1.807, 2.05) is 30.3 Å². The van der Waals surface area contributed by atoms with E-state index in [1.54, 1.807) is 61.5 Å². The van der Waals surface area contributed by atoms with Crippen molar-refractivity contribution in [2.45, 2.75) is 6.92 Å². The Kier molecular flexibility index (Phi) is 7.48. The van der Waals surface area contributed by atoms with Crippen molar-refractivity contribution in [3.8, 4) is 28.7 Å². The fourth-order valence-corrected chi connectivity index (χ4v) is 4.69. The van der Waals surface area contributed by atoms with Crippen LogP contribution in [0.25, 0.3) is 34.2 Å². The minimum Gasteiger partial charge on any atom is -0.462 e. The van der Waals surface area contributed by atoms with Crippen LogP contribution in [0, 0.1) is 11.3 Å². The first kappa shape index (κ1) is 25.4. The number of nitriles is 1. The van der Waals surface area contributed by atoms with Crippen LogP contribution in [-0.4, -0.2) is 23.5 Å². The average molecular weight is 536 g/mol. The number of aromatic nitrogens is 1. The SMILES string of the molecule is CCOC(=O)c1ccc(-c2ccc(/C=C(\C#N)c3nc(-c4ccccc4)c(NC(=O)c4ccco4)s3)o2)cc1. The number of hydrogen-bond donors (Lipinski definition) is 1. The summed E-state index contributed by atoms with van der Waals surface area (Å²) < 4.78 is 16.2. The van der Waals surface area contributed by atoms with E-state index in [-0.39, 0.29) is 17.3 Å². The number of ether oxygens (including phenoxy) is 1. The maximum Gasteiger partial charge on any atom is 0.338 e. The second kappa shape index (κ2) is 11.5. The molecule has 5 aromatic rings. The van der Waals surface area contributed by atoms with E-state index in [2.05, 4.69) is 16.4 Å². The second-order valence-corrected chi connectivity index (χ2v) is 9.16. The van der Waals surface area contributed by atoms with Crippen LogP contribution in [0.3, 0.4) is 0 Å². The van der Waals surface area contributed by atoms with Crippen molar-refractivity contribution in [3.63, 3.8) is 0 Å². The molecule has 0 aliphatic rings. The molecule has 1 N–H and O–H groups in total. The quantitative estimate of drug-likeness (QED) is 0.165. The maximum atomic E-state index is 12.7. The number of carbonyl (C=O) groups is 2. The van der Waals surface area contributed by atoms with Gasteiger partial charge in [-0.05, 0) is 43.3 Å². The summed E-state index contributed by atoms with van der Waals surface area (Å²) in [4.78, 5) is 29.3. The number of hydrogen-bond acceptors (Lipinski definition) is 8. The van der Waals surface area contributed by atoms with Gasteiger partial charge in [0.25, 0.3) is 5.91 Å². The first-order chi connectivity index (χ1) is 19.1. The number of nitrogens with zero attached hydrogens (tertiary/aromatic N) is 2. The molecule has 0 unspecified atom stereocenters. The van der Waals surface area contributed by atoms with Gasteiger partial charge >= 0.3 is 5.97 Å². The zero-order chi connectivity index (χ0) is 27.2. The molecule has 0 spiro atoms. The summed E-state index contributed by atoms with van der Waals surface area (Å²) in [6.07, 6.45) is 3.02. The molecule has 3 aromatic heterocycles. The smallest absolute Gasteiger partial charge is 0.338 e. The predicted octanol–water partition coefficient (Wildman–Crippen LogP) is 7.16. The minimum atomic E-state index is -0.417. The van der Waals surface area contributed by atoms with Gasteiger partial charge in [-0.3, -0.25) is 4.79 Å². The van der Waals surface area contributed by atoms with E-state index >= 15 is 0 Å². The van der Waals surface area contributed by atoms with Crippen molar-refractivity contribution in [1.82, 2.24) is 4.98 Å². The van der Waals surface area contributed by atoms with Crippen LogP contribution in [0.4, 0.5) is 5.00 Å². The largest absolute Gasteiger partial charge is 0.462 e. The van der Waals surface area contributed by atoms with Gasteiger partial charge in [-0.25, -0.2) is 9.78 Å². The molecule has 0 atom stereocenters. The molecule has 0 aliphatic heterocycles. The standard InChI is InChI=1S/C30H21N3O5S/c1-2-36-30(35)21-12-10-19(11-13-21)24-15-14-23(38-24)17-22(18-31)28-32-26(20-7-4-3-5-8-20)29(39-28)33-27(34)25-9-6-16-37-25/h3-17H,2H2,1H3,(H,33,34)/b22-17+. The lowest BCUT2D eigenvalue weighted by molar-refractivity contribution is 0.0526. The number of benzene rings is 2. The number of thiazole rings is 1. The van der Waals surface area contributed by atoms with Crippen LogP contribution in [0.15, 0.2) is 94.0 Å². The fraction of sp³-hybridized carbons (Fsp3) is 0.0667. The third-order valence-electron chi connectivity index (χ3n) is 5.59. The van der Waals surface area contributed by atoms with E-state index < -0.39 is 5.91 Å². The van der Waals surface area contributed by atoms with Crippen molar-refractivity contribution in [3.05, 3.63) is 107 Å².